The second kappa shape index (κ2) is 9.92. The molecule has 3 rings (SSSR count). The van der Waals surface area contributed by atoms with Crippen molar-refractivity contribution in [2.24, 2.45) is 5.92 Å². The molecular weight excluding hydrogens is 412 g/mol. The quantitative estimate of drug-likeness (QED) is 0.409. The molecule has 3 unspecified atom stereocenters. The Morgan fingerprint density at radius 1 is 1.27 bits per heavy atom. The fourth-order valence-corrected chi connectivity index (χ4v) is 5.67. The van der Waals surface area contributed by atoms with E-state index in [1.165, 1.54) is 23.1 Å². The fourth-order valence-electron chi connectivity index (χ4n) is 3.92. The lowest BCUT2D eigenvalue weighted by Gasteiger charge is -2.19. The van der Waals surface area contributed by atoms with Crippen LogP contribution in [0.25, 0.3) is 0 Å². The molecule has 2 N–H and O–H groups in total. The van der Waals surface area contributed by atoms with Gasteiger partial charge >= 0.3 is 5.97 Å². The number of hydrogen-bond donors (Lipinski definition) is 2. The van der Waals surface area contributed by atoms with Gasteiger partial charge in [0.05, 0.1) is 18.7 Å². The second-order valence-corrected chi connectivity index (χ2v) is 9.86. The zero-order valence-corrected chi connectivity index (χ0v) is 20.1. The molecule has 1 aliphatic rings. The van der Waals surface area contributed by atoms with Gasteiger partial charge in [0, 0.05) is 4.88 Å². The molecule has 30 heavy (non-hydrogen) atoms. The summed E-state index contributed by atoms with van der Waals surface area (Å²) in [6.07, 6.45) is 4.15. The number of rotatable bonds is 6. The van der Waals surface area contributed by atoms with Crippen LogP contribution in [0.2, 0.25) is 0 Å². The van der Waals surface area contributed by atoms with E-state index in [2.05, 4.69) is 62.6 Å². The number of methoxy groups -OCH3 is 1. The van der Waals surface area contributed by atoms with Crippen LogP contribution in [-0.4, -0.2) is 18.2 Å². The van der Waals surface area contributed by atoms with Crippen LogP contribution in [0.5, 0.6) is 0 Å². The number of thiocarbonyl (C=S) groups is 1. The average Bonchev–Trinajstić information content (AvgIpc) is 3.09. The largest absolute Gasteiger partial charge is 0.465 e. The molecule has 0 aliphatic heterocycles. The first-order chi connectivity index (χ1) is 14.3. The van der Waals surface area contributed by atoms with Gasteiger partial charge in [-0.15, -0.1) is 11.3 Å². The van der Waals surface area contributed by atoms with E-state index >= 15 is 0 Å². The van der Waals surface area contributed by atoms with E-state index in [0.717, 1.165) is 36.2 Å². The van der Waals surface area contributed by atoms with Gasteiger partial charge in [-0.05, 0) is 73.4 Å². The Hall–Kier alpha value is -1.92. The number of benzene rings is 1. The van der Waals surface area contributed by atoms with Gasteiger partial charge in [-0.25, -0.2) is 4.79 Å². The third-order valence-electron chi connectivity index (χ3n) is 6.09. The average molecular weight is 445 g/mol. The number of thiophene rings is 1. The smallest absolute Gasteiger partial charge is 0.341 e. The molecule has 162 valence electrons. The van der Waals surface area contributed by atoms with Gasteiger partial charge in [-0.3, -0.25) is 0 Å². The number of anilines is 1. The molecule has 0 amide bonds. The van der Waals surface area contributed by atoms with Crippen molar-refractivity contribution in [2.45, 2.75) is 65.3 Å². The van der Waals surface area contributed by atoms with Gasteiger partial charge in [-0.2, -0.15) is 0 Å². The number of esters is 1. The van der Waals surface area contributed by atoms with E-state index in [9.17, 15) is 4.79 Å². The van der Waals surface area contributed by atoms with Crippen molar-refractivity contribution in [3.05, 3.63) is 51.4 Å². The Balaban J connectivity index is 1.72. The predicted molar refractivity (Wildman–Crippen MR) is 130 cm³/mol. The summed E-state index contributed by atoms with van der Waals surface area (Å²) in [6, 6.07) is 8.77. The lowest BCUT2D eigenvalue weighted by atomic mass is 9.88. The molecule has 0 bridgehead atoms. The van der Waals surface area contributed by atoms with Crippen molar-refractivity contribution >= 4 is 39.6 Å². The van der Waals surface area contributed by atoms with Crippen LogP contribution in [0.3, 0.4) is 0 Å². The van der Waals surface area contributed by atoms with Crippen molar-refractivity contribution in [3.8, 4) is 0 Å². The maximum Gasteiger partial charge on any atom is 0.341 e. The SMILES string of the molecule is CCC(C)c1ccc(C(C)NC(=S)Nc2sc3c(c2C(=O)OC)CCC(C)C3)cc1. The summed E-state index contributed by atoms with van der Waals surface area (Å²) < 4.78 is 5.06. The first kappa shape index (κ1) is 22.8. The van der Waals surface area contributed by atoms with Gasteiger partial charge in [0.15, 0.2) is 5.11 Å². The number of fused-ring (bicyclic) bond motifs is 1. The molecule has 1 aliphatic carbocycles. The van der Waals surface area contributed by atoms with Crippen LogP contribution in [-0.2, 0) is 17.6 Å². The van der Waals surface area contributed by atoms with Crippen molar-refractivity contribution in [3.63, 3.8) is 0 Å². The maximum atomic E-state index is 12.5. The van der Waals surface area contributed by atoms with E-state index in [0.29, 0.717) is 22.5 Å². The van der Waals surface area contributed by atoms with E-state index < -0.39 is 0 Å². The van der Waals surface area contributed by atoms with Crippen LogP contribution in [0.15, 0.2) is 24.3 Å². The van der Waals surface area contributed by atoms with Crippen LogP contribution in [0.4, 0.5) is 5.00 Å². The third-order valence-corrected chi connectivity index (χ3v) is 7.48. The molecule has 4 nitrogen and oxygen atoms in total. The van der Waals surface area contributed by atoms with Gasteiger partial charge < -0.3 is 15.4 Å². The summed E-state index contributed by atoms with van der Waals surface area (Å²) in [5, 5.41) is 7.94. The highest BCUT2D eigenvalue weighted by Crippen LogP contribution is 2.40. The summed E-state index contributed by atoms with van der Waals surface area (Å²) >= 11 is 7.21. The van der Waals surface area contributed by atoms with Gasteiger partial charge in [0.1, 0.15) is 5.00 Å². The fraction of sp³-hybridized carbons (Fsp3) is 0.500. The van der Waals surface area contributed by atoms with Gasteiger partial charge in [0.25, 0.3) is 0 Å². The molecular formula is C24H32N2O2S2. The van der Waals surface area contributed by atoms with Crippen LogP contribution in [0, 0.1) is 5.92 Å². The minimum atomic E-state index is -0.291. The maximum absolute atomic E-state index is 12.5. The Bertz CT molecular complexity index is 905. The minimum Gasteiger partial charge on any atom is -0.465 e. The Morgan fingerprint density at radius 3 is 2.57 bits per heavy atom. The lowest BCUT2D eigenvalue weighted by Crippen LogP contribution is -2.31. The number of nitrogens with one attached hydrogen (secondary N) is 2. The molecule has 0 saturated carbocycles. The number of hydrogen-bond acceptors (Lipinski definition) is 4. The minimum absolute atomic E-state index is 0.0622. The molecule has 1 aromatic heterocycles. The summed E-state index contributed by atoms with van der Waals surface area (Å²) in [7, 11) is 1.43. The second-order valence-electron chi connectivity index (χ2n) is 8.34. The normalized spacial score (nSPS) is 17.6. The summed E-state index contributed by atoms with van der Waals surface area (Å²) in [5.74, 6) is 0.911. The number of ether oxygens (including phenoxy) is 1. The van der Waals surface area contributed by atoms with Crippen molar-refractivity contribution in [2.75, 3.05) is 12.4 Å². The number of carbonyl (C=O) groups excluding carboxylic acids is 1. The molecule has 1 aromatic carbocycles. The zero-order valence-electron chi connectivity index (χ0n) is 18.5. The first-order valence-electron chi connectivity index (χ1n) is 10.7. The Kier molecular flexibility index (Phi) is 7.53. The highest BCUT2D eigenvalue weighted by molar-refractivity contribution is 7.80. The molecule has 0 radical (unpaired) electrons. The Labute approximate surface area is 189 Å². The lowest BCUT2D eigenvalue weighted by molar-refractivity contribution is 0.0601. The van der Waals surface area contributed by atoms with Gasteiger partial charge in [0.2, 0.25) is 0 Å². The Morgan fingerprint density at radius 2 is 1.93 bits per heavy atom. The standard InChI is InChI=1S/C24H32N2O2S2/c1-6-15(3)17-8-10-18(11-9-17)16(4)25-24(29)26-22-21(23(27)28-5)19-12-7-14(2)13-20(19)30-22/h8-11,14-16H,6-7,12-13H2,1-5H3,(H2,25,26,29). The highest BCUT2D eigenvalue weighted by Gasteiger charge is 2.28. The zero-order chi connectivity index (χ0) is 21.8. The monoisotopic (exact) mass is 444 g/mol. The molecule has 3 atom stereocenters. The predicted octanol–water partition coefficient (Wildman–Crippen LogP) is 6.22. The van der Waals surface area contributed by atoms with Crippen molar-refractivity contribution in [1.82, 2.24) is 5.32 Å². The van der Waals surface area contributed by atoms with Crippen LogP contribution < -0.4 is 10.6 Å². The number of carbonyl (C=O) groups is 1. The van der Waals surface area contributed by atoms with Crippen molar-refractivity contribution < 1.29 is 9.53 Å². The highest BCUT2D eigenvalue weighted by atomic mass is 32.1. The molecule has 6 heteroatoms. The summed E-state index contributed by atoms with van der Waals surface area (Å²) in [6.45, 7) is 8.80. The summed E-state index contributed by atoms with van der Waals surface area (Å²) in [4.78, 5) is 13.7. The van der Waals surface area contributed by atoms with E-state index in [1.807, 2.05) is 0 Å². The van der Waals surface area contributed by atoms with Crippen molar-refractivity contribution in [1.29, 1.82) is 0 Å². The summed E-state index contributed by atoms with van der Waals surface area (Å²) in [5.41, 5.74) is 4.32. The van der Waals surface area contributed by atoms with Crippen LogP contribution >= 0.6 is 23.6 Å². The van der Waals surface area contributed by atoms with E-state index in [4.69, 9.17) is 17.0 Å². The van der Waals surface area contributed by atoms with Gasteiger partial charge in [-0.1, -0.05) is 45.0 Å². The molecule has 0 fully saturated rings. The third kappa shape index (κ3) is 5.03. The van der Waals surface area contributed by atoms with E-state index in [-0.39, 0.29) is 12.0 Å². The molecule has 0 saturated heterocycles. The molecule has 0 spiro atoms. The first-order valence-corrected chi connectivity index (χ1v) is 12.0. The molecule has 2 aromatic rings. The van der Waals surface area contributed by atoms with E-state index in [1.54, 1.807) is 11.3 Å². The van der Waals surface area contributed by atoms with Crippen LogP contribution in [0.1, 0.15) is 84.4 Å². The topological polar surface area (TPSA) is 50.4 Å². The molecule has 1 heterocycles.